The van der Waals surface area contributed by atoms with Gasteiger partial charge in [-0.1, -0.05) is 51.1 Å². The van der Waals surface area contributed by atoms with Crippen molar-refractivity contribution in [1.82, 2.24) is 0 Å². The van der Waals surface area contributed by atoms with Crippen LogP contribution < -0.4 is 0 Å². The molecule has 0 saturated carbocycles. The van der Waals surface area contributed by atoms with Gasteiger partial charge in [0.25, 0.3) is 0 Å². The first-order valence-corrected chi connectivity index (χ1v) is 6.75. The lowest BCUT2D eigenvalue weighted by atomic mass is 9.89. The standard InChI is InChI=1S/C16H24O4/c1-15(2,3)11-13(14(17)18)19-20-16(4,5)12-9-7-6-8-10-12/h6-10,13H,11H2,1-5H3,(H,17,18). The fraction of sp³-hybridized carbons (Fsp3) is 0.562. The molecule has 0 radical (unpaired) electrons. The van der Waals surface area contributed by atoms with Crippen molar-refractivity contribution in [1.29, 1.82) is 0 Å². The van der Waals surface area contributed by atoms with Crippen LogP contribution >= 0.6 is 0 Å². The van der Waals surface area contributed by atoms with Crippen LogP contribution in [0.3, 0.4) is 0 Å². The Bertz CT molecular complexity index is 432. The van der Waals surface area contributed by atoms with Crippen LogP contribution in [0.1, 0.15) is 46.6 Å². The monoisotopic (exact) mass is 280 g/mol. The van der Waals surface area contributed by atoms with Crippen LogP contribution in [0.4, 0.5) is 0 Å². The van der Waals surface area contributed by atoms with E-state index in [-0.39, 0.29) is 5.41 Å². The molecule has 1 atom stereocenters. The second-order valence-electron chi connectivity index (χ2n) is 6.65. The topological polar surface area (TPSA) is 55.8 Å². The van der Waals surface area contributed by atoms with Crippen LogP contribution in [0, 0.1) is 5.41 Å². The van der Waals surface area contributed by atoms with Crippen LogP contribution in [0.2, 0.25) is 0 Å². The Hall–Kier alpha value is -1.39. The molecule has 20 heavy (non-hydrogen) atoms. The summed E-state index contributed by atoms with van der Waals surface area (Å²) < 4.78 is 0. The van der Waals surface area contributed by atoms with Gasteiger partial charge >= 0.3 is 5.97 Å². The van der Waals surface area contributed by atoms with Crippen LogP contribution in [0.25, 0.3) is 0 Å². The van der Waals surface area contributed by atoms with Crippen molar-refractivity contribution in [3.8, 4) is 0 Å². The molecule has 112 valence electrons. The zero-order chi connectivity index (χ0) is 15.4. The molecule has 0 amide bonds. The van der Waals surface area contributed by atoms with Crippen molar-refractivity contribution >= 4 is 5.97 Å². The van der Waals surface area contributed by atoms with Gasteiger partial charge in [0.15, 0.2) is 6.10 Å². The number of benzene rings is 1. The van der Waals surface area contributed by atoms with Gasteiger partial charge in [0, 0.05) is 0 Å². The minimum Gasteiger partial charge on any atom is -0.479 e. The summed E-state index contributed by atoms with van der Waals surface area (Å²) in [6.07, 6.45) is -0.592. The molecule has 0 aliphatic heterocycles. The van der Waals surface area contributed by atoms with Crippen molar-refractivity contribution in [3.63, 3.8) is 0 Å². The molecule has 0 saturated heterocycles. The lowest BCUT2D eigenvalue weighted by Gasteiger charge is -2.28. The highest BCUT2D eigenvalue weighted by Gasteiger charge is 2.30. The summed E-state index contributed by atoms with van der Waals surface area (Å²) in [6, 6.07) is 9.57. The predicted octanol–water partition coefficient (Wildman–Crippen LogP) is 3.76. The van der Waals surface area contributed by atoms with Gasteiger partial charge in [0.1, 0.15) is 5.60 Å². The van der Waals surface area contributed by atoms with Crippen molar-refractivity contribution in [2.75, 3.05) is 0 Å². The summed E-state index contributed by atoms with van der Waals surface area (Å²) in [7, 11) is 0. The Morgan fingerprint density at radius 3 is 2.15 bits per heavy atom. The van der Waals surface area contributed by atoms with Gasteiger partial charge in [0.05, 0.1) is 0 Å². The van der Waals surface area contributed by atoms with Gasteiger partial charge in [-0.25, -0.2) is 14.6 Å². The van der Waals surface area contributed by atoms with E-state index >= 15 is 0 Å². The lowest BCUT2D eigenvalue weighted by molar-refractivity contribution is -0.379. The summed E-state index contributed by atoms with van der Waals surface area (Å²) in [4.78, 5) is 21.8. The van der Waals surface area contributed by atoms with Gasteiger partial charge < -0.3 is 5.11 Å². The third kappa shape index (κ3) is 5.31. The Morgan fingerprint density at radius 2 is 1.70 bits per heavy atom. The third-order valence-corrected chi connectivity index (χ3v) is 2.91. The highest BCUT2D eigenvalue weighted by atomic mass is 17.2. The average Bonchev–Trinajstić information content (AvgIpc) is 2.34. The van der Waals surface area contributed by atoms with Crippen LogP contribution in [0.5, 0.6) is 0 Å². The second kappa shape index (κ2) is 6.37. The van der Waals surface area contributed by atoms with E-state index in [0.29, 0.717) is 6.42 Å². The summed E-state index contributed by atoms with van der Waals surface area (Å²) >= 11 is 0. The average molecular weight is 280 g/mol. The summed E-state index contributed by atoms with van der Waals surface area (Å²) in [6.45, 7) is 9.59. The van der Waals surface area contributed by atoms with Gasteiger partial charge in [-0.2, -0.15) is 0 Å². The number of carboxylic acid groups (broad SMARTS) is 1. The zero-order valence-electron chi connectivity index (χ0n) is 12.8. The van der Waals surface area contributed by atoms with Crippen LogP contribution in [-0.4, -0.2) is 17.2 Å². The van der Waals surface area contributed by atoms with Gasteiger partial charge in [-0.15, -0.1) is 0 Å². The van der Waals surface area contributed by atoms with E-state index in [1.165, 1.54) is 0 Å². The number of carbonyl (C=O) groups is 1. The maximum absolute atomic E-state index is 11.2. The lowest BCUT2D eigenvalue weighted by Crippen LogP contribution is -2.33. The van der Waals surface area contributed by atoms with Crippen molar-refractivity contribution in [3.05, 3.63) is 35.9 Å². The van der Waals surface area contributed by atoms with Gasteiger partial charge in [-0.05, 0) is 31.2 Å². The minimum absolute atomic E-state index is 0.149. The fourth-order valence-electron chi connectivity index (χ4n) is 1.78. The Labute approximate surface area is 120 Å². The summed E-state index contributed by atoms with van der Waals surface area (Å²) in [5.41, 5.74) is 0.0794. The fourth-order valence-corrected chi connectivity index (χ4v) is 1.78. The zero-order valence-corrected chi connectivity index (χ0v) is 12.8. The molecular formula is C16H24O4. The first kappa shape index (κ1) is 16.7. The van der Waals surface area contributed by atoms with E-state index in [9.17, 15) is 9.90 Å². The molecule has 4 nitrogen and oxygen atoms in total. The Balaban J connectivity index is 2.70. The van der Waals surface area contributed by atoms with Crippen molar-refractivity contribution in [2.24, 2.45) is 5.41 Å². The normalized spacial score (nSPS) is 14.1. The Kier molecular flexibility index (Phi) is 5.31. The molecule has 0 aliphatic carbocycles. The number of hydrogen-bond acceptors (Lipinski definition) is 3. The molecule has 1 aromatic rings. The Morgan fingerprint density at radius 1 is 1.15 bits per heavy atom. The smallest absolute Gasteiger partial charge is 0.336 e. The van der Waals surface area contributed by atoms with Crippen LogP contribution in [-0.2, 0) is 20.2 Å². The quantitative estimate of drug-likeness (QED) is 0.636. The second-order valence-corrected chi connectivity index (χ2v) is 6.65. The summed E-state index contributed by atoms with van der Waals surface area (Å²) in [5.74, 6) is -1.01. The van der Waals surface area contributed by atoms with Crippen molar-refractivity contribution < 1.29 is 19.7 Å². The molecule has 0 bridgehead atoms. The molecule has 4 heteroatoms. The molecular weight excluding hydrogens is 256 g/mol. The summed E-state index contributed by atoms with van der Waals surface area (Å²) in [5, 5.41) is 9.20. The number of aliphatic carboxylic acids is 1. The van der Waals surface area contributed by atoms with Crippen molar-refractivity contribution in [2.45, 2.75) is 52.7 Å². The molecule has 0 aliphatic rings. The van der Waals surface area contributed by atoms with Crippen LogP contribution in [0.15, 0.2) is 30.3 Å². The molecule has 0 fully saturated rings. The SMILES string of the molecule is CC(C)(C)CC(OOC(C)(C)c1ccccc1)C(=O)O. The molecule has 1 aromatic carbocycles. The van der Waals surface area contributed by atoms with Gasteiger partial charge in [-0.3, -0.25) is 0 Å². The molecule has 1 unspecified atom stereocenters. The predicted molar refractivity (Wildman–Crippen MR) is 77.1 cm³/mol. The molecule has 0 heterocycles. The molecule has 0 spiro atoms. The van der Waals surface area contributed by atoms with E-state index in [0.717, 1.165) is 5.56 Å². The minimum atomic E-state index is -1.01. The highest BCUT2D eigenvalue weighted by molar-refractivity contribution is 5.72. The van der Waals surface area contributed by atoms with E-state index in [2.05, 4.69) is 0 Å². The maximum atomic E-state index is 11.2. The number of rotatable bonds is 6. The maximum Gasteiger partial charge on any atom is 0.336 e. The first-order valence-electron chi connectivity index (χ1n) is 6.75. The first-order chi connectivity index (χ1) is 9.12. The number of carboxylic acids is 1. The largest absolute Gasteiger partial charge is 0.479 e. The molecule has 1 N–H and O–H groups in total. The van der Waals surface area contributed by atoms with E-state index in [1.807, 2.05) is 65.0 Å². The number of hydrogen-bond donors (Lipinski definition) is 1. The van der Waals surface area contributed by atoms with E-state index in [1.54, 1.807) is 0 Å². The van der Waals surface area contributed by atoms with E-state index in [4.69, 9.17) is 9.78 Å². The highest BCUT2D eigenvalue weighted by Crippen LogP contribution is 2.28. The van der Waals surface area contributed by atoms with E-state index < -0.39 is 17.7 Å². The third-order valence-electron chi connectivity index (χ3n) is 2.91. The molecule has 0 aromatic heterocycles. The molecule has 1 rings (SSSR count). The van der Waals surface area contributed by atoms with Gasteiger partial charge in [0.2, 0.25) is 0 Å².